The quantitative estimate of drug-likeness (QED) is 0.176. The lowest BCUT2D eigenvalue weighted by Crippen LogP contribution is -2.24. The van der Waals surface area contributed by atoms with Crippen LogP contribution in [-0.4, -0.2) is 44.4 Å². The number of aryl methyl sites for hydroxylation is 1. The zero-order chi connectivity index (χ0) is 27.1. The number of carbonyl (C=O) groups excluding carboxylic acids is 2. The average molecular weight is 533 g/mol. The second-order valence-corrected chi connectivity index (χ2v) is 9.04. The van der Waals surface area contributed by atoms with Gasteiger partial charge in [0.1, 0.15) is 5.75 Å². The predicted molar refractivity (Wildman–Crippen MR) is 143 cm³/mol. The topological polar surface area (TPSA) is 141 Å². The first-order valence-electron chi connectivity index (χ1n) is 11.5. The maximum atomic E-state index is 12.7. The lowest BCUT2D eigenvalue weighted by Gasteiger charge is -2.14. The number of rotatable bonds is 10. The van der Waals surface area contributed by atoms with Gasteiger partial charge in [0.05, 0.1) is 30.0 Å². The summed E-state index contributed by atoms with van der Waals surface area (Å²) in [6.45, 7) is 1.96. The highest BCUT2D eigenvalue weighted by Crippen LogP contribution is 2.29. The van der Waals surface area contributed by atoms with Gasteiger partial charge in [-0.15, -0.1) is 10.2 Å². The molecule has 0 atom stereocenters. The van der Waals surface area contributed by atoms with E-state index in [1.165, 1.54) is 36.0 Å². The molecular weight excluding hydrogens is 508 g/mol. The molecule has 2 N–H and O–H groups in total. The summed E-state index contributed by atoms with van der Waals surface area (Å²) in [5.41, 5.74) is 2.54. The third-order valence-corrected chi connectivity index (χ3v) is 6.34. The van der Waals surface area contributed by atoms with E-state index in [4.69, 9.17) is 4.74 Å². The molecule has 4 rings (SSSR count). The number of benzene rings is 3. The number of hydrogen-bond acceptors (Lipinski definition) is 8. The highest BCUT2D eigenvalue weighted by Gasteiger charge is 2.20. The molecular formula is C26H24N6O5S. The molecule has 2 amide bonds. The summed E-state index contributed by atoms with van der Waals surface area (Å²) in [5.74, 6) is 0.410. The van der Waals surface area contributed by atoms with Crippen molar-refractivity contribution in [3.8, 4) is 11.4 Å². The second kappa shape index (κ2) is 12.0. The maximum absolute atomic E-state index is 12.7. The summed E-state index contributed by atoms with van der Waals surface area (Å²) in [4.78, 5) is 35.6. The first-order chi connectivity index (χ1) is 18.4. The Labute approximate surface area is 222 Å². The summed E-state index contributed by atoms with van der Waals surface area (Å²) in [7, 11) is 1.54. The molecule has 0 aliphatic heterocycles. The van der Waals surface area contributed by atoms with E-state index in [1.807, 2.05) is 49.4 Å². The Bertz CT molecular complexity index is 1470. The van der Waals surface area contributed by atoms with Crippen LogP contribution in [0.4, 0.5) is 11.4 Å². The van der Waals surface area contributed by atoms with Gasteiger partial charge in [-0.2, -0.15) is 0 Å². The van der Waals surface area contributed by atoms with E-state index in [2.05, 4.69) is 20.8 Å². The van der Waals surface area contributed by atoms with E-state index >= 15 is 0 Å². The molecule has 0 spiro atoms. The molecule has 0 unspecified atom stereocenters. The minimum Gasteiger partial charge on any atom is -0.495 e. The monoisotopic (exact) mass is 532 g/mol. The first-order valence-corrected chi connectivity index (χ1v) is 12.4. The molecule has 194 valence electrons. The molecule has 4 aromatic rings. The number of ether oxygens (including phenoxy) is 1. The van der Waals surface area contributed by atoms with Crippen molar-refractivity contribution in [2.75, 3.05) is 18.2 Å². The van der Waals surface area contributed by atoms with Crippen molar-refractivity contribution in [2.45, 2.75) is 18.6 Å². The number of anilines is 1. The van der Waals surface area contributed by atoms with Gasteiger partial charge in [-0.1, -0.05) is 36.0 Å². The fourth-order valence-electron chi connectivity index (χ4n) is 3.61. The number of nitro groups is 1. The molecule has 0 saturated carbocycles. The Kier molecular flexibility index (Phi) is 8.34. The molecule has 12 heteroatoms. The van der Waals surface area contributed by atoms with Crippen molar-refractivity contribution in [1.29, 1.82) is 0 Å². The smallest absolute Gasteiger partial charge is 0.269 e. The van der Waals surface area contributed by atoms with Crippen LogP contribution in [0.5, 0.6) is 5.75 Å². The highest BCUT2D eigenvalue weighted by atomic mass is 32.2. The summed E-state index contributed by atoms with van der Waals surface area (Å²) in [5, 5.41) is 25.4. The molecule has 1 heterocycles. The van der Waals surface area contributed by atoms with Crippen LogP contribution >= 0.6 is 11.8 Å². The number of para-hydroxylation sites is 2. The van der Waals surface area contributed by atoms with Gasteiger partial charge >= 0.3 is 0 Å². The molecule has 11 nitrogen and oxygen atoms in total. The Balaban J connectivity index is 1.53. The highest BCUT2D eigenvalue weighted by molar-refractivity contribution is 7.99. The Hall–Kier alpha value is -4.71. The van der Waals surface area contributed by atoms with Gasteiger partial charge in [0.25, 0.3) is 11.6 Å². The third kappa shape index (κ3) is 6.34. The van der Waals surface area contributed by atoms with Crippen LogP contribution in [0.3, 0.4) is 0 Å². The number of amides is 2. The van der Waals surface area contributed by atoms with Crippen molar-refractivity contribution >= 4 is 35.0 Å². The number of non-ortho nitro benzene ring substituents is 1. The molecule has 0 bridgehead atoms. The van der Waals surface area contributed by atoms with Crippen molar-refractivity contribution in [3.63, 3.8) is 0 Å². The van der Waals surface area contributed by atoms with Gasteiger partial charge in [-0.3, -0.25) is 24.3 Å². The van der Waals surface area contributed by atoms with E-state index in [0.717, 1.165) is 5.56 Å². The molecule has 0 aliphatic carbocycles. The van der Waals surface area contributed by atoms with Crippen LogP contribution < -0.4 is 15.4 Å². The zero-order valence-corrected chi connectivity index (χ0v) is 21.4. The number of nitrogens with zero attached hydrogens (tertiary/aromatic N) is 4. The summed E-state index contributed by atoms with van der Waals surface area (Å²) < 4.78 is 7.23. The van der Waals surface area contributed by atoms with E-state index in [1.54, 1.807) is 17.7 Å². The van der Waals surface area contributed by atoms with Crippen molar-refractivity contribution in [1.82, 2.24) is 20.1 Å². The normalized spacial score (nSPS) is 10.6. The number of methoxy groups -OCH3 is 1. The first kappa shape index (κ1) is 26.4. The van der Waals surface area contributed by atoms with Crippen LogP contribution in [0.2, 0.25) is 0 Å². The number of carbonyl (C=O) groups is 2. The van der Waals surface area contributed by atoms with Crippen LogP contribution in [0.1, 0.15) is 21.7 Å². The lowest BCUT2D eigenvalue weighted by atomic mass is 10.2. The number of thioether (sulfide) groups is 1. The van der Waals surface area contributed by atoms with Crippen LogP contribution in [0, 0.1) is 17.0 Å². The van der Waals surface area contributed by atoms with Crippen LogP contribution in [0.25, 0.3) is 5.69 Å². The van der Waals surface area contributed by atoms with Gasteiger partial charge in [0, 0.05) is 23.4 Å². The number of nitrogens with one attached hydrogen (secondary N) is 2. The summed E-state index contributed by atoms with van der Waals surface area (Å²) >= 11 is 1.19. The zero-order valence-electron chi connectivity index (χ0n) is 20.6. The standard InChI is InChI=1S/C26H24N6O5S/c1-17-6-5-7-19(14-17)28-24(33)16-38-26-30-29-23(31(26)21-8-3-4-9-22(21)37-2)15-27-25(34)18-10-12-20(13-11-18)32(35)36/h3-14H,15-16H2,1-2H3,(H,27,34)(H,28,33). The number of aromatic nitrogens is 3. The predicted octanol–water partition coefficient (Wildman–Crippen LogP) is 4.15. The minimum atomic E-state index is -0.530. The minimum absolute atomic E-state index is 0.0108. The third-order valence-electron chi connectivity index (χ3n) is 5.41. The van der Waals surface area contributed by atoms with E-state index in [9.17, 15) is 19.7 Å². The SMILES string of the molecule is COc1ccccc1-n1c(CNC(=O)c2ccc([N+](=O)[O-])cc2)nnc1SCC(=O)Nc1cccc(C)c1. The molecule has 0 fully saturated rings. The number of hydrogen-bond donors (Lipinski definition) is 2. The van der Waals surface area contributed by atoms with Crippen molar-refractivity contribution in [3.05, 3.63) is 99.9 Å². The lowest BCUT2D eigenvalue weighted by molar-refractivity contribution is -0.384. The maximum Gasteiger partial charge on any atom is 0.269 e. The van der Waals surface area contributed by atoms with E-state index in [0.29, 0.717) is 28.1 Å². The van der Waals surface area contributed by atoms with Gasteiger partial charge < -0.3 is 15.4 Å². The molecule has 0 radical (unpaired) electrons. The van der Waals surface area contributed by atoms with E-state index < -0.39 is 10.8 Å². The molecule has 38 heavy (non-hydrogen) atoms. The molecule has 1 aromatic heterocycles. The fraction of sp³-hybridized carbons (Fsp3) is 0.154. The van der Waals surface area contributed by atoms with Gasteiger partial charge in [0.15, 0.2) is 11.0 Å². The fourth-order valence-corrected chi connectivity index (χ4v) is 4.37. The van der Waals surface area contributed by atoms with E-state index in [-0.39, 0.29) is 29.5 Å². The molecule has 0 saturated heterocycles. The summed E-state index contributed by atoms with van der Waals surface area (Å²) in [6, 6.07) is 20.1. The second-order valence-electron chi connectivity index (χ2n) is 8.10. The van der Waals surface area contributed by atoms with Gasteiger partial charge in [0.2, 0.25) is 5.91 Å². The largest absolute Gasteiger partial charge is 0.495 e. The van der Waals surface area contributed by atoms with Crippen molar-refractivity contribution in [2.24, 2.45) is 0 Å². The Morgan fingerprint density at radius 2 is 1.82 bits per heavy atom. The number of nitro benzene ring substituents is 1. The van der Waals surface area contributed by atoms with Gasteiger partial charge in [-0.05, 0) is 48.9 Å². The molecule has 3 aromatic carbocycles. The molecule has 0 aliphatic rings. The van der Waals surface area contributed by atoms with Crippen molar-refractivity contribution < 1.29 is 19.2 Å². The van der Waals surface area contributed by atoms with Gasteiger partial charge in [-0.25, -0.2) is 0 Å². The Morgan fingerprint density at radius 1 is 1.05 bits per heavy atom. The van der Waals surface area contributed by atoms with Crippen LogP contribution in [0.15, 0.2) is 78.0 Å². The summed E-state index contributed by atoms with van der Waals surface area (Å²) in [6.07, 6.45) is 0. The van der Waals surface area contributed by atoms with Crippen LogP contribution in [-0.2, 0) is 11.3 Å². The Morgan fingerprint density at radius 3 is 2.53 bits per heavy atom. The average Bonchev–Trinajstić information content (AvgIpc) is 3.33.